The Bertz CT molecular complexity index is 842. The van der Waals surface area contributed by atoms with E-state index in [2.05, 4.69) is 4.72 Å². The van der Waals surface area contributed by atoms with E-state index in [0.717, 1.165) is 0 Å². The van der Waals surface area contributed by atoms with Gasteiger partial charge in [-0.25, -0.2) is 8.42 Å². The molecule has 2 rings (SSSR count). The number of anilines is 1. The van der Waals surface area contributed by atoms with Gasteiger partial charge in [0.1, 0.15) is 5.75 Å². The van der Waals surface area contributed by atoms with Crippen LogP contribution in [-0.4, -0.2) is 13.5 Å². The van der Waals surface area contributed by atoms with Gasteiger partial charge in [-0.2, -0.15) is 5.26 Å². The highest BCUT2D eigenvalue weighted by atomic mass is 35.5. The number of sulfonamides is 1. The highest BCUT2D eigenvalue weighted by Gasteiger charge is 2.19. The first kappa shape index (κ1) is 15.2. The number of nitriles is 1. The van der Waals surface area contributed by atoms with Crippen molar-refractivity contribution in [2.45, 2.75) is 11.8 Å². The number of aryl methyl sites for hydroxylation is 1. The van der Waals surface area contributed by atoms with Gasteiger partial charge in [0.15, 0.2) is 0 Å². The average Bonchev–Trinajstić information content (AvgIpc) is 2.42. The Hall–Kier alpha value is -2.23. The van der Waals surface area contributed by atoms with Crippen LogP contribution in [0.2, 0.25) is 5.02 Å². The van der Waals surface area contributed by atoms with Crippen LogP contribution < -0.4 is 4.72 Å². The number of phenolic OH excluding ortho intramolecular Hbond substituents is 1. The molecule has 0 heterocycles. The van der Waals surface area contributed by atoms with Crippen molar-refractivity contribution in [2.24, 2.45) is 0 Å². The minimum atomic E-state index is -3.92. The molecule has 0 aromatic heterocycles. The van der Waals surface area contributed by atoms with Crippen molar-refractivity contribution in [1.29, 1.82) is 5.26 Å². The number of nitrogens with zero attached hydrogens (tertiary/aromatic N) is 1. The van der Waals surface area contributed by atoms with Crippen molar-refractivity contribution in [3.05, 3.63) is 52.5 Å². The second-order valence-electron chi connectivity index (χ2n) is 4.36. The first-order valence-corrected chi connectivity index (χ1v) is 7.71. The molecule has 2 N–H and O–H groups in total. The summed E-state index contributed by atoms with van der Waals surface area (Å²) in [7, 11) is -3.92. The van der Waals surface area contributed by atoms with Crippen LogP contribution in [0, 0.1) is 18.3 Å². The van der Waals surface area contributed by atoms with Crippen molar-refractivity contribution in [3.8, 4) is 11.8 Å². The van der Waals surface area contributed by atoms with Crippen LogP contribution >= 0.6 is 11.6 Å². The molecule has 2 aromatic carbocycles. The Morgan fingerprint density at radius 1 is 1.24 bits per heavy atom. The van der Waals surface area contributed by atoms with Gasteiger partial charge in [0.25, 0.3) is 10.0 Å². The van der Waals surface area contributed by atoms with Gasteiger partial charge in [0.05, 0.1) is 22.2 Å². The van der Waals surface area contributed by atoms with Crippen LogP contribution in [0.5, 0.6) is 5.75 Å². The van der Waals surface area contributed by atoms with Crippen LogP contribution in [0.3, 0.4) is 0 Å². The molecule has 5 nitrogen and oxygen atoms in total. The van der Waals surface area contributed by atoms with E-state index < -0.39 is 10.0 Å². The fraction of sp³-hybridized carbons (Fsp3) is 0.0714. The van der Waals surface area contributed by atoms with Crippen molar-refractivity contribution < 1.29 is 13.5 Å². The lowest BCUT2D eigenvalue weighted by Crippen LogP contribution is -2.14. The minimum absolute atomic E-state index is 0.0150. The molecule has 108 valence electrons. The summed E-state index contributed by atoms with van der Waals surface area (Å²) < 4.78 is 27.0. The minimum Gasteiger partial charge on any atom is -0.506 e. The zero-order chi connectivity index (χ0) is 15.6. The molecular formula is C14H11ClN2O3S. The van der Waals surface area contributed by atoms with Gasteiger partial charge in [-0.3, -0.25) is 4.72 Å². The van der Waals surface area contributed by atoms with E-state index in [0.29, 0.717) is 5.56 Å². The summed E-state index contributed by atoms with van der Waals surface area (Å²) >= 11 is 5.70. The summed E-state index contributed by atoms with van der Waals surface area (Å²) in [6.45, 7) is 1.62. The number of phenols is 1. The van der Waals surface area contributed by atoms with Crippen molar-refractivity contribution in [3.63, 3.8) is 0 Å². The maximum Gasteiger partial charge on any atom is 0.262 e. The van der Waals surface area contributed by atoms with Gasteiger partial charge >= 0.3 is 0 Å². The van der Waals surface area contributed by atoms with Crippen molar-refractivity contribution >= 4 is 27.3 Å². The Kier molecular flexibility index (Phi) is 4.07. The highest BCUT2D eigenvalue weighted by molar-refractivity contribution is 7.92. The topological polar surface area (TPSA) is 90.2 Å². The first-order valence-electron chi connectivity index (χ1n) is 5.85. The van der Waals surface area contributed by atoms with Gasteiger partial charge < -0.3 is 5.11 Å². The quantitative estimate of drug-likeness (QED) is 0.850. The van der Waals surface area contributed by atoms with Gasteiger partial charge in [-0.1, -0.05) is 17.7 Å². The monoisotopic (exact) mass is 322 g/mol. The van der Waals surface area contributed by atoms with Gasteiger partial charge in [0, 0.05) is 11.1 Å². The maximum atomic E-state index is 12.4. The van der Waals surface area contributed by atoms with E-state index >= 15 is 0 Å². The molecule has 0 amide bonds. The molecule has 0 fully saturated rings. The van der Waals surface area contributed by atoms with E-state index in [4.69, 9.17) is 16.9 Å². The molecule has 0 aliphatic carbocycles. The molecule has 0 spiro atoms. The van der Waals surface area contributed by atoms with Crippen LogP contribution in [0.25, 0.3) is 0 Å². The summed E-state index contributed by atoms with van der Waals surface area (Å²) in [5.41, 5.74) is 0.748. The Labute approximate surface area is 127 Å². The Balaban J connectivity index is 2.46. The molecule has 2 aromatic rings. The van der Waals surface area contributed by atoms with Crippen molar-refractivity contribution in [2.75, 3.05) is 4.72 Å². The molecule has 0 bridgehead atoms. The first-order chi connectivity index (χ1) is 9.83. The van der Waals surface area contributed by atoms with Gasteiger partial charge in [-0.15, -0.1) is 0 Å². The number of nitrogens with one attached hydrogen (secondary N) is 1. The molecular weight excluding hydrogens is 312 g/mol. The Morgan fingerprint density at radius 2 is 1.95 bits per heavy atom. The molecule has 0 atom stereocenters. The SMILES string of the molecule is Cc1ccc(C#N)cc1S(=O)(=O)Nc1ccc(Cl)cc1O. The second-order valence-corrected chi connectivity index (χ2v) is 6.45. The number of rotatable bonds is 3. The summed E-state index contributed by atoms with van der Waals surface area (Å²) in [5, 5.41) is 18.9. The van der Waals surface area contributed by atoms with E-state index in [9.17, 15) is 13.5 Å². The van der Waals surface area contributed by atoms with E-state index in [1.54, 1.807) is 13.0 Å². The fourth-order valence-corrected chi connectivity index (χ4v) is 3.26. The predicted octanol–water partition coefficient (Wildman–Crippen LogP) is 3.03. The zero-order valence-corrected chi connectivity index (χ0v) is 12.5. The summed E-state index contributed by atoms with van der Waals surface area (Å²) in [6, 6.07) is 10.3. The largest absolute Gasteiger partial charge is 0.506 e. The molecule has 0 aliphatic heterocycles. The number of hydrogen-bond acceptors (Lipinski definition) is 4. The smallest absolute Gasteiger partial charge is 0.262 e. The highest BCUT2D eigenvalue weighted by Crippen LogP contribution is 2.29. The Morgan fingerprint density at radius 3 is 2.57 bits per heavy atom. The van der Waals surface area contributed by atoms with E-state index in [1.165, 1.54) is 30.3 Å². The maximum absolute atomic E-state index is 12.4. The predicted molar refractivity (Wildman–Crippen MR) is 79.8 cm³/mol. The number of hydrogen-bond donors (Lipinski definition) is 2. The molecule has 21 heavy (non-hydrogen) atoms. The van der Waals surface area contributed by atoms with Crippen LogP contribution in [-0.2, 0) is 10.0 Å². The second kappa shape index (κ2) is 5.64. The lowest BCUT2D eigenvalue weighted by Gasteiger charge is -2.12. The fourth-order valence-electron chi connectivity index (χ4n) is 1.75. The molecule has 0 unspecified atom stereocenters. The molecule has 0 saturated heterocycles. The lowest BCUT2D eigenvalue weighted by atomic mass is 10.2. The number of benzene rings is 2. The normalized spacial score (nSPS) is 10.9. The molecule has 0 saturated carbocycles. The van der Waals surface area contributed by atoms with Gasteiger partial charge in [-0.05, 0) is 36.8 Å². The lowest BCUT2D eigenvalue weighted by molar-refractivity contribution is 0.477. The third-order valence-electron chi connectivity index (χ3n) is 2.81. The standard InChI is InChI=1S/C14H11ClN2O3S/c1-9-2-3-10(8-16)6-14(9)21(19,20)17-12-5-4-11(15)7-13(12)18/h2-7,17-18H,1H3. The average molecular weight is 323 g/mol. The summed E-state index contributed by atoms with van der Waals surface area (Å²) in [4.78, 5) is -0.0177. The summed E-state index contributed by atoms with van der Waals surface area (Å²) in [5.74, 6) is -0.278. The molecule has 7 heteroatoms. The van der Waals surface area contributed by atoms with E-state index in [1.807, 2.05) is 6.07 Å². The van der Waals surface area contributed by atoms with Gasteiger partial charge in [0.2, 0.25) is 0 Å². The number of halogens is 1. The van der Waals surface area contributed by atoms with Crippen LogP contribution in [0.15, 0.2) is 41.3 Å². The van der Waals surface area contributed by atoms with E-state index in [-0.39, 0.29) is 26.9 Å². The summed E-state index contributed by atoms with van der Waals surface area (Å²) in [6.07, 6.45) is 0. The van der Waals surface area contributed by atoms with Crippen LogP contribution in [0.1, 0.15) is 11.1 Å². The third-order valence-corrected chi connectivity index (χ3v) is 4.55. The van der Waals surface area contributed by atoms with Crippen LogP contribution in [0.4, 0.5) is 5.69 Å². The number of aromatic hydroxyl groups is 1. The molecule has 0 aliphatic rings. The molecule has 0 radical (unpaired) electrons. The van der Waals surface area contributed by atoms with Crippen molar-refractivity contribution in [1.82, 2.24) is 0 Å². The third kappa shape index (κ3) is 3.27. The zero-order valence-electron chi connectivity index (χ0n) is 11.0.